The maximum Gasteiger partial charge on any atom is 0.101 e. The number of fused-ring (bicyclic) bond motifs is 3. The maximum atomic E-state index is 4.70. The third-order valence-corrected chi connectivity index (χ3v) is 3.24. The molecule has 0 radical (unpaired) electrons. The largest absolute Gasteiger partial charge is 0.285 e. The van der Waals surface area contributed by atoms with Crippen LogP contribution in [0.25, 0.3) is 11.1 Å². The van der Waals surface area contributed by atoms with Crippen LogP contribution in [0.2, 0.25) is 0 Å². The van der Waals surface area contributed by atoms with Crippen LogP contribution in [0.3, 0.4) is 0 Å². The molecule has 0 amide bonds. The third kappa shape index (κ3) is 1.59. The number of hydrogen-bond donors (Lipinski definition) is 0. The molecule has 0 heterocycles. The smallest absolute Gasteiger partial charge is 0.101 e. The van der Waals surface area contributed by atoms with Gasteiger partial charge in [-0.15, -0.1) is 0 Å². The highest BCUT2D eigenvalue weighted by Crippen LogP contribution is 2.44. The molecule has 0 saturated carbocycles. The summed E-state index contributed by atoms with van der Waals surface area (Å²) in [5.41, 5.74) is 5.33. The molecule has 2 aromatic carbocycles. The minimum absolute atomic E-state index is 0.197. The number of benzene rings is 2. The van der Waals surface area contributed by atoms with Crippen molar-refractivity contribution in [3.05, 3.63) is 59.7 Å². The Morgan fingerprint density at radius 1 is 0.941 bits per heavy atom. The lowest BCUT2D eigenvalue weighted by Crippen LogP contribution is -1.92. The lowest BCUT2D eigenvalue weighted by atomic mass is 10.1. The summed E-state index contributed by atoms with van der Waals surface area (Å²) in [5.74, 6) is 0. The first-order valence-corrected chi connectivity index (χ1v) is 6.11. The minimum Gasteiger partial charge on any atom is -0.285 e. The quantitative estimate of drug-likeness (QED) is 0.673. The molecule has 0 atom stereocenters. The molecule has 3 rings (SSSR count). The monoisotopic (exact) mass is 221 g/mol. The van der Waals surface area contributed by atoms with E-state index in [9.17, 15) is 0 Å². The van der Waals surface area contributed by atoms with Crippen LogP contribution in [0, 0.1) is 0 Å². The van der Waals surface area contributed by atoms with E-state index in [4.69, 9.17) is 4.99 Å². The summed E-state index contributed by atoms with van der Waals surface area (Å²) in [6.07, 6.45) is 3.00. The van der Waals surface area contributed by atoms with Crippen molar-refractivity contribution < 1.29 is 0 Å². The fourth-order valence-corrected chi connectivity index (χ4v) is 2.50. The van der Waals surface area contributed by atoms with E-state index in [2.05, 4.69) is 55.5 Å². The van der Waals surface area contributed by atoms with Crippen LogP contribution in [0.4, 0.5) is 0 Å². The van der Waals surface area contributed by atoms with Crippen LogP contribution < -0.4 is 0 Å². The van der Waals surface area contributed by atoms with Gasteiger partial charge in [-0.3, -0.25) is 4.99 Å². The van der Waals surface area contributed by atoms with E-state index in [0.717, 1.165) is 6.42 Å². The average molecular weight is 221 g/mol. The molecular formula is C16H15N. The van der Waals surface area contributed by atoms with Crippen LogP contribution >= 0.6 is 0 Å². The molecule has 84 valence electrons. The molecule has 0 fully saturated rings. The summed E-state index contributed by atoms with van der Waals surface area (Å²) < 4.78 is 0. The topological polar surface area (TPSA) is 12.4 Å². The zero-order valence-electron chi connectivity index (χ0n) is 9.93. The molecule has 0 aliphatic heterocycles. The molecule has 2 aromatic rings. The molecule has 17 heavy (non-hydrogen) atoms. The van der Waals surface area contributed by atoms with Crippen molar-refractivity contribution in [1.29, 1.82) is 0 Å². The Bertz CT molecular complexity index is 524. The van der Waals surface area contributed by atoms with Crippen LogP contribution in [0.15, 0.2) is 53.5 Å². The summed E-state index contributed by atoms with van der Waals surface area (Å²) in [5, 5.41) is 0. The molecule has 0 N–H and O–H groups in total. The van der Waals surface area contributed by atoms with E-state index >= 15 is 0 Å². The van der Waals surface area contributed by atoms with Gasteiger partial charge >= 0.3 is 0 Å². The molecular weight excluding hydrogens is 206 g/mol. The van der Waals surface area contributed by atoms with Crippen LogP contribution in [0.1, 0.15) is 30.5 Å². The Hall–Kier alpha value is -1.89. The Morgan fingerprint density at radius 3 is 2.00 bits per heavy atom. The van der Waals surface area contributed by atoms with Gasteiger partial charge in [0.25, 0.3) is 0 Å². The molecule has 0 aromatic heterocycles. The van der Waals surface area contributed by atoms with Crippen molar-refractivity contribution in [3.8, 4) is 11.1 Å². The first-order valence-electron chi connectivity index (χ1n) is 6.11. The van der Waals surface area contributed by atoms with Gasteiger partial charge in [-0.1, -0.05) is 55.5 Å². The predicted molar refractivity (Wildman–Crippen MR) is 72.5 cm³/mol. The van der Waals surface area contributed by atoms with E-state index in [-0.39, 0.29) is 6.04 Å². The Morgan fingerprint density at radius 2 is 1.47 bits per heavy atom. The summed E-state index contributed by atoms with van der Waals surface area (Å²) in [6.45, 7) is 2.12. The zero-order chi connectivity index (χ0) is 11.7. The van der Waals surface area contributed by atoms with Gasteiger partial charge in [0, 0.05) is 0 Å². The SMILES string of the molecule is CCC=NC1c2ccccc2-c2ccccc21. The second-order valence-electron chi connectivity index (χ2n) is 4.32. The molecule has 0 spiro atoms. The summed E-state index contributed by atoms with van der Waals surface area (Å²) in [7, 11) is 0. The second-order valence-corrected chi connectivity index (χ2v) is 4.32. The fourth-order valence-electron chi connectivity index (χ4n) is 2.50. The Kier molecular flexibility index (Phi) is 2.52. The number of nitrogens with zero attached hydrogens (tertiary/aromatic N) is 1. The van der Waals surface area contributed by atoms with Gasteiger partial charge in [-0.05, 0) is 34.9 Å². The van der Waals surface area contributed by atoms with Crippen LogP contribution in [-0.4, -0.2) is 6.21 Å². The lowest BCUT2D eigenvalue weighted by Gasteiger charge is -2.07. The highest BCUT2D eigenvalue weighted by molar-refractivity contribution is 5.79. The summed E-state index contributed by atoms with van der Waals surface area (Å²) in [4.78, 5) is 4.70. The van der Waals surface area contributed by atoms with Gasteiger partial charge in [0.1, 0.15) is 6.04 Å². The Balaban J connectivity index is 2.20. The zero-order valence-corrected chi connectivity index (χ0v) is 9.93. The van der Waals surface area contributed by atoms with Crippen LogP contribution in [-0.2, 0) is 0 Å². The standard InChI is InChI=1S/C16H15N/c1-2-11-17-16-14-9-5-3-7-12(14)13-8-4-6-10-15(13)16/h3-11,16H,2H2,1H3. The molecule has 0 unspecified atom stereocenters. The van der Waals surface area contributed by atoms with Gasteiger partial charge in [-0.2, -0.15) is 0 Å². The molecule has 0 bridgehead atoms. The first kappa shape index (κ1) is 10.3. The van der Waals surface area contributed by atoms with Gasteiger partial charge in [0.05, 0.1) is 0 Å². The van der Waals surface area contributed by atoms with Crippen LogP contribution in [0.5, 0.6) is 0 Å². The normalized spacial score (nSPS) is 13.9. The fraction of sp³-hybridized carbons (Fsp3) is 0.188. The molecule has 0 saturated heterocycles. The molecule has 1 aliphatic rings. The van der Waals surface area contributed by atoms with Crippen molar-refractivity contribution in [2.45, 2.75) is 19.4 Å². The number of hydrogen-bond acceptors (Lipinski definition) is 1. The van der Waals surface area contributed by atoms with E-state index < -0.39 is 0 Å². The van der Waals surface area contributed by atoms with Crippen molar-refractivity contribution in [1.82, 2.24) is 0 Å². The van der Waals surface area contributed by atoms with Gasteiger partial charge in [0.15, 0.2) is 0 Å². The van der Waals surface area contributed by atoms with Crippen molar-refractivity contribution in [2.24, 2.45) is 4.99 Å². The van der Waals surface area contributed by atoms with Crippen molar-refractivity contribution in [3.63, 3.8) is 0 Å². The van der Waals surface area contributed by atoms with E-state index in [0.29, 0.717) is 0 Å². The van der Waals surface area contributed by atoms with E-state index in [1.54, 1.807) is 0 Å². The summed E-state index contributed by atoms with van der Waals surface area (Å²) >= 11 is 0. The van der Waals surface area contributed by atoms with E-state index in [1.807, 2.05) is 6.21 Å². The third-order valence-electron chi connectivity index (χ3n) is 3.24. The minimum atomic E-state index is 0.197. The van der Waals surface area contributed by atoms with E-state index in [1.165, 1.54) is 22.3 Å². The molecule has 1 aliphatic carbocycles. The average Bonchev–Trinajstić information content (AvgIpc) is 2.71. The molecule has 1 nitrogen and oxygen atoms in total. The van der Waals surface area contributed by atoms with Crippen molar-refractivity contribution in [2.75, 3.05) is 0 Å². The lowest BCUT2D eigenvalue weighted by molar-refractivity contribution is 0.902. The van der Waals surface area contributed by atoms with Gasteiger partial charge in [-0.25, -0.2) is 0 Å². The maximum absolute atomic E-state index is 4.70. The summed E-state index contributed by atoms with van der Waals surface area (Å²) in [6, 6.07) is 17.3. The number of rotatable bonds is 2. The number of aliphatic imine (C=N–C) groups is 1. The highest BCUT2D eigenvalue weighted by Gasteiger charge is 2.26. The van der Waals surface area contributed by atoms with Gasteiger partial charge < -0.3 is 0 Å². The predicted octanol–water partition coefficient (Wildman–Crippen LogP) is 4.24. The van der Waals surface area contributed by atoms with Gasteiger partial charge in [0.2, 0.25) is 0 Å². The second kappa shape index (κ2) is 4.17. The van der Waals surface area contributed by atoms with Crippen molar-refractivity contribution >= 4 is 6.21 Å². The highest BCUT2D eigenvalue weighted by atomic mass is 14.8. The first-order chi connectivity index (χ1) is 8.42. The molecule has 1 heteroatoms. The Labute approximate surface area is 102 Å².